The van der Waals surface area contributed by atoms with Crippen LogP contribution in [0.15, 0.2) is 30.3 Å². The van der Waals surface area contributed by atoms with E-state index in [0.29, 0.717) is 5.56 Å². The molecule has 0 bridgehead atoms. The van der Waals surface area contributed by atoms with Gasteiger partial charge in [0, 0.05) is 6.07 Å². The molecule has 0 amide bonds. The van der Waals surface area contributed by atoms with Gasteiger partial charge in [-0.1, -0.05) is 12.1 Å². The molecule has 2 aromatic carbocycles. The second-order valence-electron chi connectivity index (χ2n) is 7.23. The van der Waals surface area contributed by atoms with Gasteiger partial charge in [-0.3, -0.25) is 4.79 Å². The van der Waals surface area contributed by atoms with Gasteiger partial charge in [-0.05, 0) is 23.8 Å². The fourth-order valence-electron chi connectivity index (χ4n) is 3.14. The SMILES string of the molecule is O=C(/C=C/c1ccc(O)c(O)c1)c1c(O)cc(O[C@@H]2O[C@H](CO)[C@@H](O)[C@@H](O)[C@@H]2O)c(O)c1O. The summed E-state index contributed by atoms with van der Waals surface area (Å²) in [5.41, 5.74) is -0.377. The number of hydrogen-bond acceptors (Lipinski definition) is 12. The lowest BCUT2D eigenvalue weighted by Gasteiger charge is -2.39. The zero-order valence-electron chi connectivity index (χ0n) is 16.8. The van der Waals surface area contributed by atoms with Crippen LogP contribution in [0, 0.1) is 0 Å². The number of aliphatic hydroxyl groups is 4. The van der Waals surface area contributed by atoms with E-state index >= 15 is 0 Å². The number of hydrogen-bond donors (Lipinski definition) is 9. The molecule has 0 unspecified atom stereocenters. The first kappa shape index (κ1) is 24.1. The van der Waals surface area contributed by atoms with Crippen molar-refractivity contribution < 1.29 is 60.2 Å². The highest BCUT2D eigenvalue weighted by Crippen LogP contribution is 2.44. The van der Waals surface area contributed by atoms with E-state index in [1.807, 2.05) is 0 Å². The third kappa shape index (κ3) is 4.79. The minimum absolute atomic E-state index is 0.310. The third-order valence-electron chi connectivity index (χ3n) is 4.98. The molecule has 33 heavy (non-hydrogen) atoms. The minimum Gasteiger partial charge on any atom is -0.507 e. The van der Waals surface area contributed by atoms with Crippen molar-refractivity contribution in [1.29, 1.82) is 0 Å². The Hall–Kier alpha value is -3.55. The number of phenolic OH excluding ortho intramolecular Hbond substituents is 5. The Morgan fingerprint density at radius 3 is 2.24 bits per heavy atom. The lowest BCUT2D eigenvalue weighted by atomic mass is 9.99. The van der Waals surface area contributed by atoms with E-state index in [9.17, 15) is 50.8 Å². The van der Waals surface area contributed by atoms with Gasteiger partial charge < -0.3 is 55.4 Å². The number of carbonyl (C=O) groups is 1. The van der Waals surface area contributed by atoms with E-state index in [1.54, 1.807) is 0 Å². The van der Waals surface area contributed by atoms with Crippen LogP contribution in [0.25, 0.3) is 6.08 Å². The van der Waals surface area contributed by atoms with E-state index in [1.165, 1.54) is 18.2 Å². The fraction of sp³-hybridized carbons (Fsp3) is 0.286. The minimum atomic E-state index is -1.82. The van der Waals surface area contributed by atoms with Gasteiger partial charge in [-0.15, -0.1) is 0 Å². The number of allylic oxidation sites excluding steroid dienone is 1. The zero-order chi connectivity index (χ0) is 24.4. The van der Waals surface area contributed by atoms with Crippen LogP contribution < -0.4 is 4.74 Å². The van der Waals surface area contributed by atoms with Gasteiger partial charge >= 0.3 is 0 Å². The molecular formula is C21H22O12. The van der Waals surface area contributed by atoms with Crippen molar-refractivity contribution in [3.05, 3.63) is 41.5 Å². The summed E-state index contributed by atoms with van der Waals surface area (Å²) in [6.07, 6.45) is -6.11. The average molecular weight is 466 g/mol. The van der Waals surface area contributed by atoms with Gasteiger partial charge in [0.25, 0.3) is 0 Å². The fourth-order valence-corrected chi connectivity index (χ4v) is 3.14. The van der Waals surface area contributed by atoms with Crippen molar-refractivity contribution in [1.82, 2.24) is 0 Å². The molecule has 12 nitrogen and oxygen atoms in total. The molecule has 0 spiro atoms. The molecule has 3 rings (SSSR count). The summed E-state index contributed by atoms with van der Waals surface area (Å²) in [6.45, 7) is -0.730. The molecular weight excluding hydrogens is 444 g/mol. The normalized spacial score (nSPS) is 25.3. The van der Waals surface area contributed by atoms with Crippen LogP contribution in [-0.2, 0) is 4.74 Å². The molecule has 0 saturated carbocycles. The van der Waals surface area contributed by atoms with Crippen LogP contribution >= 0.6 is 0 Å². The van der Waals surface area contributed by atoms with E-state index < -0.39 is 77.4 Å². The second-order valence-corrected chi connectivity index (χ2v) is 7.23. The summed E-state index contributed by atoms with van der Waals surface area (Å²) in [5, 5.41) is 88.3. The third-order valence-corrected chi connectivity index (χ3v) is 4.98. The van der Waals surface area contributed by atoms with Crippen LogP contribution in [0.4, 0.5) is 0 Å². The first-order valence-corrected chi connectivity index (χ1v) is 9.54. The van der Waals surface area contributed by atoms with Crippen LogP contribution in [-0.4, -0.2) is 89.1 Å². The Morgan fingerprint density at radius 1 is 0.909 bits per heavy atom. The van der Waals surface area contributed by atoms with Crippen molar-refractivity contribution >= 4 is 11.9 Å². The first-order valence-electron chi connectivity index (χ1n) is 9.54. The standard InChI is InChI=1S/C21H22O12/c22-7-14-17(28)19(30)20(31)21(33-14)32-13-6-12(26)15(18(29)16(13)27)10(24)4-2-8-1-3-9(23)11(25)5-8/h1-6,14,17,19-23,25-31H,7H2/b4-2+/t14-,17-,19-,20+,21-/m1/s1. The van der Waals surface area contributed by atoms with Crippen LogP contribution in [0.2, 0.25) is 0 Å². The Labute approximate surface area is 186 Å². The van der Waals surface area contributed by atoms with Gasteiger partial charge in [0.2, 0.25) is 12.0 Å². The van der Waals surface area contributed by atoms with E-state index in [0.717, 1.165) is 18.2 Å². The Morgan fingerprint density at radius 2 is 1.61 bits per heavy atom. The van der Waals surface area contributed by atoms with Crippen molar-refractivity contribution in [2.45, 2.75) is 30.7 Å². The van der Waals surface area contributed by atoms with Gasteiger partial charge in [-0.25, -0.2) is 0 Å². The van der Waals surface area contributed by atoms with Crippen molar-refractivity contribution in [3.8, 4) is 34.5 Å². The van der Waals surface area contributed by atoms with Crippen LogP contribution in [0.3, 0.4) is 0 Å². The molecule has 12 heteroatoms. The smallest absolute Gasteiger partial charge is 0.229 e. The van der Waals surface area contributed by atoms with Crippen LogP contribution in [0.5, 0.6) is 34.5 Å². The lowest BCUT2D eigenvalue weighted by molar-refractivity contribution is -0.277. The summed E-state index contributed by atoms with van der Waals surface area (Å²) in [7, 11) is 0. The Balaban J connectivity index is 1.84. The second kappa shape index (κ2) is 9.52. The van der Waals surface area contributed by atoms with Gasteiger partial charge in [-0.2, -0.15) is 0 Å². The lowest BCUT2D eigenvalue weighted by Crippen LogP contribution is -2.60. The number of carbonyl (C=O) groups excluding carboxylic acids is 1. The largest absolute Gasteiger partial charge is 0.507 e. The molecule has 0 radical (unpaired) electrons. The zero-order valence-corrected chi connectivity index (χ0v) is 16.8. The molecule has 1 aliphatic rings. The molecule has 178 valence electrons. The highest BCUT2D eigenvalue weighted by Gasteiger charge is 2.45. The molecule has 5 atom stereocenters. The van der Waals surface area contributed by atoms with Crippen molar-refractivity contribution in [2.75, 3.05) is 6.61 Å². The highest BCUT2D eigenvalue weighted by atomic mass is 16.7. The molecule has 1 heterocycles. The van der Waals surface area contributed by atoms with Gasteiger partial charge in [0.05, 0.1) is 6.61 Å². The quantitative estimate of drug-likeness (QED) is 0.112. The van der Waals surface area contributed by atoms with Gasteiger partial charge in [0.1, 0.15) is 35.7 Å². The predicted octanol–water partition coefficient (Wildman–Crippen LogP) is -0.711. The number of benzene rings is 2. The maximum atomic E-state index is 12.5. The predicted molar refractivity (Wildman–Crippen MR) is 109 cm³/mol. The highest BCUT2D eigenvalue weighted by molar-refractivity contribution is 6.11. The maximum absolute atomic E-state index is 12.5. The Kier molecular flexibility index (Phi) is 6.95. The number of ketones is 1. The average Bonchev–Trinajstić information content (AvgIpc) is 2.78. The molecule has 9 N–H and O–H groups in total. The molecule has 1 aliphatic heterocycles. The topological polar surface area (TPSA) is 218 Å². The molecule has 0 aliphatic carbocycles. The summed E-state index contributed by atoms with van der Waals surface area (Å²) < 4.78 is 10.3. The van der Waals surface area contributed by atoms with E-state index in [2.05, 4.69) is 0 Å². The summed E-state index contributed by atoms with van der Waals surface area (Å²) in [6, 6.07) is 4.48. The number of aromatic hydroxyl groups is 5. The molecule has 1 saturated heterocycles. The molecule has 0 aromatic heterocycles. The number of aliphatic hydroxyl groups excluding tert-OH is 4. The summed E-state index contributed by atoms with van der Waals surface area (Å²) >= 11 is 0. The van der Waals surface area contributed by atoms with Crippen LogP contribution in [0.1, 0.15) is 15.9 Å². The summed E-state index contributed by atoms with van der Waals surface area (Å²) in [4.78, 5) is 12.5. The number of ether oxygens (including phenoxy) is 2. The number of phenols is 5. The van der Waals surface area contributed by atoms with E-state index in [4.69, 9.17) is 9.47 Å². The van der Waals surface area contributed by atoms with Crippen molar-refractivity contribution in [3.63, 3.8) is 0 Å². The maximum Gasteiger partial charge on any atom is 0.229 e. The van der Waals surface area contributed by atoms with Gasteiger partial charge in [0.15, 0.2) is 28.8 Å². The van der Waals surface area contributed by atoms with Crippen molar-refractivity contribution in [2.24, 2.45) is 0 Å². The van der Waals surface area contributed by atoms with E-state index in [-0.39, 0.29) is 5.75 Å². The molecule has 2 aromatic rings. The first-order chi connectivity index (χ1) is 15.5. The monoisotopic (exact) mass is 466 g/mol. The number of rotatable bonds is 6. The summed E-state index contributed by atoms with van der Waals surface area (Å²) in [5.74, 6) is -5.23. The molecule has 1 fully saturated rings. The Bertz CT molecular complexity index is 1060.